The summed E-state index contributed by atoms with van der Waals surface area (Å²) in [6.45, 7) is 24.6. The number of fused-ring (bicyclic) bond motifs is 1. The lowest BCUT2D eigenvalue weighted by atomic mass is 9.54. The molecule has 0 saturated carbocycles. The van der Waals surface area contributed by atoms with Crippen LogP contribution in [0.5, 0.6) is 0 Å². The maximum atomic E-state index is 13.9. The van der Waals surface area contributed by atoms with Gasteiger partial charge < -0.3 is 4.84 Å². The fourth-order valence-electron chi connectivity index (χ4n) is 5.74. The van der Waals surface area contributed by atoms with Crippen molar-refractivity contribution in [1.29, 1.82) is 0 Å². The molecule has 0 spiro atoms. The highest BCUT2D eigenvalue weighted by atomic mass is 16.7. The molecular weight excluding hydrogens is 490 g/mol. The predicted molar refractivity (Wildman–Crippen MR) is 171 cm³/mol. The number of carbonyl (C=O) groups excluding carboxylic acids is 1. The summed E-state index contributed by atoms with van der Waals surface area (Å²) in [6.07, 6.45) is 1.68. The van der Waals surface area contributed by atoms with Crippen LogP contribution in [0.15, 0.2) is 78.0 Å². The smallest absolute Gasteiger partial charge is 0.318 e. The van der Waals surface area contributed by atoms with Crippen molar-refractivity contribution >= 4 is 22.5 Å². The fourth-order valence-corrected chi connectivity index (χ4v) is 5.74. The number of carbonyl (C=O) groups is 1. The lowest BCUT2D eigenvalue weighted by Crippen LogP contribution is -2.46. The molecule has 2 atom stereocenters. The SMILES string of the molecule is CC(=NOC(=O)C(CC(C)(C)C)C(C)(C)C(C)(C)CC(c1ccccc1)C(C)(C)C)c1ccc2ccccc2c1. The van der Waals surface area contributed by atoms with Gasteiger partial charge in [-0.25, -0.2) is 4.79 Å². The minimum atomic E-state index is -0.345. The average Bonchev–Trinajstić information content (AvgIpc) is 2.87. The molecule has 0 aliphatic heterocycles. The van der Waals surface area contributed by atoms with Gasteiger partial charge in [-0.1, -0.05) is 141 Å². The zero-order valence-electron chi connectivity index (χ0n) is 26.8. The Balaban J connectivity index is 1.91. The molecule has 0 radical (unpaired) electrons. The second-order valence-electron chi connectivity index (χ2n) is 15.1. The van der Waals surface area contributed by atoms with Crippen molar-refractivity contribution in [2.45, 2.75) is 94.9 Å². The lowest BCUT2D eigenvalue weighted by molar-refractivity contribution is -0.159. The van der Waals surface area contributed by atoms with Crippen LogP contribution in [-0.4, -0.2) is 11.7 Å². The highest BCUT2D eigenvalue weighted by Crippen LogP contribution is 2.55. The van der Waals surface area contributed by atoms with Crippen LogP contribution in [0.2, 0.25) is 0 Å². The van der Waals surface area contributed by atoms with Gasteiger partial charge in [0.1, 0.15) is 0 Å². The first kappa shape index (κ1) is 31.6. The zero-order chi connectivity index (χ0) is 29.9. The van der Waals surface area contributed by atoms with E-state index in [4.69, 9.17) is 4.84 Å². The number of hydrogen-bond acceptors (Lipinski definition) is 3. The summed E-state index contributed by atoms with van der Waals surface area (Å²) in [4.78, 5) is 19.7. The molecule has 2 unspecified atom stereocenters. The Morgan fingerprint density at radius 3 is 1.90 bits per heavy atom. The third kappa shape index (κ3) is 7.62. The molecule has 3 rings (SSSR count). The van der Waals surface area contributed by atoms with Crippen LogP contribution in [0, 0.1) is 27.6 Å². The van der Waals surface area contributed by atoms with Gasteiger partial charge in [-0.05, 0) is 75.3 Å². The molecule has 3 aromatic carbocycles. The largest absolute Gasteiger partial charge is 0.338 e. The van der Waals surface area contributed by atoms with Gasteiger partial charge in [0.05, 0.1) is 11.6 Å². The number of oxime groups is 1. The Morgan fingerprint density at radius 1 is 0.750 bits per heavy atom. The van der Waals surface area contributed by atoms with Gasteiger partial charge in [0, 0.05) is 0 Å². The van der Waals surface area contributed by atoms with Crippen molar-refractivity contribution in [2.75, 3.05) is 0 Å². The van der Waals surface area contributed by atoms with Crippen molar-refractivity contribution in [1.82, 2.24) is 0 Å². The first-order valence-corrected chi connectivity index (χ1v) is 14.7. The molecule has 0 aromatic heterocycles. The second-order valence-corrected chi connectivity index (χ2v) is 15.1. The first-order chi connectivity index (χ1) is 18.4. The molecule has 3 heteroatoms. The predicted octanol–water partition coefficient (Wildman–Crippen LogP) is 10.4. The third-order valence-corrected chi connectivity index (χ3v) is 9.12. The monoisotopic (exact) mass is 541 g/mol. The summed E-state index contributed by atoms with van der Waals surface area (Å²) in [6, 6.07) is 25.3. The Kier molecular flexibility index (Phi) is 9.39. The molecule has 3 aromatic rings. The average molecular weight is 542 g/mol. The maximum Gasteiger partial charge on any atom is 0.338 e. The molecule has 0 aliphatic carbocycles. The molecule has 0 saturated heterocycles. The fraction of sp³-hybridized carbons (Fsp3) is 0.514. The molecular formula is C37H51NO2. The molecule has 3 nitrogen and oxygen atoms in total. The number of nitrogens with zero attached hydrogens (tertiary/aromatic N) is 1. The van der Waals surface area contributed by atoms with E-state index in [1.807, 2.05) is 25.1 Å². The summed E-state index contributed by atoms with van der Waals surface area (Å²) < 4.78 is 0. The molecule has 0 bridgehead atoms. The summed E-state index contributed by atoms with van der Waals surface area (Å²) in [5.74, 6) is -0.213. The van der Waals surface area contributed by atoms with Crippen molar-refractivity contribution in [3.63, 3.8) is 0 Å². The molecule has 216 valence electrons. The Labute approximate surface area is 243 Å². The van der Waals surface area contributed by atoms with E-state index in [9.17, 15) is 4.79 Å². The zero-order valence-corrected chi connectivity index (χ0v) is 26.8. The van der Waals surface area contributed by atoms with Crippen LogP contribution in [0.3, 0.4) is 0 Å². The molecule has 0 N–H and O–H groups in total. The van der Waals surface area contributed by atoms with Gasteiger partial charge in [-0.3, -0.25) is 0 Å². The number of rotatable bonds is 9. The Bertz CT molecular complexity index is 1320. The quantitative estimate of drug-likeness (QED) is 0.153. The Hall–Kier alpha value is -2.94. The topological polar surface area (TPSA) is 38.7 Å². The van der Waals surface area contributed by atoms with Crippen LogP contribution in [0.25, 0.3) is 10.8 Å². The first-order valence-electron chi connectivity index (χ1n) is 14.7. The van der Waals surface area contributed by atoms with E-state index in [2.05, 4.69) is 129 Å². The van der Waals surface area contributed by atoms with E-state index in [1.54, 1.807) is 0 Å². The molecule has 0 heterocycles. The van der Waals surface area contributed by atoms with Crippen LogP contribution < -0.4 is 0 Å². The normalized spacial score (nSPS) is 15.1. The van der Waals surface area contributed by atoms with E-state index in [0.29, 0.717) is 11.6 Å². The summed E-state index contributed by atoms with van der Waals surface area (Å²) in [7, 11) is 0. The summed E-state index contributed by atoms with van der Waals surface area (Å²) >= 11 is 0. The van der Waals surface area contributed by atoms with Crippen LogP contribution in [0.1, 0.15) is 106 Å². The van der Waals surface area contributed by atoms with Gasteiger partial charge >= 0.3 is 5.97 Å². The molecule has 40 heavy (non-hydrogen) atoms. The minimum Gasteiger partial charge on any atom is -0.318 e. The maximum absolute atomic E-state index is 13.9. The highest BCUT2D eigenvalue weighted by molar-refractivity contribution is 6.02. The van der Waals surface area contributed by atoms with E-state index >= 15 is 0 Å². The number of benzene rings is 3. The van der Waals surface area contributed by atoms with Gasteiger partial charge in [-0.15, -0.1) is 0 Å². The highest BCUT2D eigenvalue weighted by Gasteiger charge is 2.50. The minimum absolute atomic E-state index is 0.0446. The molecule has 0 fully saturated rings. The second kappa shape index (κ2) is 11.9. The third-order valence-electron chi connectivity index (χ3n) is 9.12. The standard InChI is InChI=1S/C37H51NO2/c1-26(29-22-21-27-17-15-16-20-30(27)23-29)38-40-33(39)32(24-34(2,3)4)37(10,11)36(8,9)25-31(35(5,6)7)28-18-13-12-14-19-28/h12-23,31-32H,24-25H2,1-11H3. The summed E-state index contributed by atoms with van der Waals surface area (Å²) in [5, 5.41) is 6.68. The van der Waals surface area contributed by atoms with Gasteiger partial charge in [0.15, 0.2) is 0 Å². The van der Waals surface area contributed by atoms with E-state index in [0.717, 1.165) is 23.8 Å². The Morgan fingerprint density at radius 2 is 1.32 bits per heavy atom. The van der Waals surface area contributed by atoms with Crippen LogP contribution >= 0.6 is 0 Å². The van der Waals surface area contributed by atoms with E-state index in [-0.39, 0.29) is 33.5 Å². The number of hydrogen-bond donors (Lipinski definition) is 0. The van der Waals surface area contributed by atoms with Gasteiger partial charge in [0.2, 0.25) is 0 Å². The van der Waals surface area contributed by atoms with E-state index in [1.165, 1.54) is 10.9 Å². The van der Waals surface area contributed by atoms with Crippen LogP contribution in [0.4, 0.5) is 0 Å². The van der Waals surface area contributed by atoms with Crippen LogP contribution in [-0.2, 0) is 9.63 Å². The molecule has 0 amide bonds. The summed E-state index contributed by atoms with van der Waals surface area (Å²) in [5.41, 5.74) is 2.53. The van der Waals surface area contributed by atoms with Crippen molar-refractivity contribution < 1.29 is 9.63 Å². The van der Waals surface area contributed by atoms with Crippen molar-refractivity contribution in [3.05, 3.63) is 83.9 Å². The molecule has 0 aliphatic rings. The van der Waals surface area contributed by atoms with Crippen molar-refractivity contribution in [3.8, 4) is 0 Å². The van der Waals surface area contributed by atoms with Gasteiger partial charge in [-0.2, -0.15) is 0 Å². The van der Waals surface area contributed by atoms with Gasteiger partial charge in [0.25, 0.3) is 0 Å². The van der Waals surface area contributed by atoms with E-state index < -0.39 is 0 Å². The van der Waals surface area contributed by atoms with Crippen molar-refractivity contribution in [2.24, 2.45) is 32.7 Å². The lowest BCUT2D eigenvalue weighted by Gasteiger charge is -2.50.